The van der Waals surface area contributed by atoms with Crippen molar-refractivity contribution in [1.82, 2.24) is 0 Å². The standard InChI is InChI=1S/C31H31FO2/c1-4-21-7-11-25(12-8-21)26-14-15-30(29(32)20-26)34-31(33)16-10-23-17-24(6-3)28-19-22(5-2)9-13-27(28)18-23/h7-9,11-15,17-20H,4-6,10,16H2,1-3H3. The largest absolute Gasteiger partial charge is 0.423 e. The third kappa shape index (κ3) is 5.36. The number of hydrogen-bond donors (Lipinski definition) is 0. The number of aryl methyl sites for hydroxylation is 4. The minimum atomic E-state index is -0.531. The Morgan fingerprint density at radius 2 is 1.44 bits per heavy atom. The van der Waals surface area contributed by atoms with Gasteiger partial charge < -0.3 is 4.74 Å². The topological polar surface area (TPSA) is 26.3 Å². The maximum Gasteiger partial charge on any atom is 0.311 e. The Labute approximate surface area is 201 Å². The lowest BCUT2D eigenvalue weighted by atomic mass is 9.95. The molecular formula is C31H31FO2. The number of halogens is 1. The Kier molecular flexibility index (Phi) is 7.42. The number of esters is 1. The number of hydrogen-bond acceptors (Lipinski definition) is 2. The van der Waals surface area contributed by atoms with Crippen molar-refractivity contribution < 1.29 is 13.9 Å². The molecule has 0 aliphatic heterocycles. The highest BCUT2D eigenvalue weighted by molar-refractivity contribution is 5.87. The molecule has 0 saturated carbocycles. The molecule has 0 bridgehead atoms. The fourth-order valence-corrected chi connectivity index (χ4v) is 4.32. The Balaban J connectivity index is 1.43. The summed E-state index contributed by atoms with van der Waals surface area (Å²) in [5.41, 5.74) is 6.63. The number of fused-ring (bicyclic) bond motifs is 1. The van der Waals surface area contributed by atoms with Gasteiger partial charge in [0.05, 0.1) is 0 Å². The summed E-state index contributed by atoms with van der Waals surface area (Å²) in [7, 11) is 0. The first-order chi connectivity index (χ1) is 16.5. The monoisotopic (exact) mass is 454 g/mol. The predicted octanol–water partition coefficient (Wildman–Crippen LogP) is 7.87. The molecular weight excluding hydrogens is 423 g/mol. The van der Waals surface area contributed by atoms with Crippen LogP contribution in [0, 0.1) is 5.82 Å². The molecule has 0 unspecified atom stereocenters. The second kappa shape index (κ2) is 10.6. The first kappa shape index (κ1) is 23.7. The molecule has 0 aromatic heterocycles. The van der Waals surface area contributed by atoms with Gasteiger partial charge in [0.25, 0.3) is 0 Å². The smallest absolute Gasteiger partial charge is 0.311 e. The first-order valence-corrected chi connectivity index (χ1v) is 12.1. The SMILES string of the molecule is CCc1ccc(-c2ccc(OC(=O)CCc3cc(CC)c4cc(CC)ccc4c3)c(F)c2)cc1. The number of ether oxygens (including phenoxy) is 1. The summed E-state index contributed by atoms with van der Waals surface area (Å²) in [5, 5.41) is 2.47. The van der Waals surface area contributed by atoms with E-state index in [1.807, 2.05) is 24.3 Å². The molecule has 0 fully saturated rings. The molecule has 0 radical (unpaired) electrons. The van der Waals surface area contributed by atoms with Crippen LogP contribution in [0.25, 0.3) is 21.9 Å². The summed E-state index contributed by atoms with van der Waals surface area (Å²) in [6, 6.07) is 23.7. The van der Waals surface area contributed by atoms with E-state index in [9.17, 15) is 9.18 Å². The predicted molar refractivity (Wildman–Crippen MR) is 138 cm³/mol. The van der Waals surface area contributed by atoms with Crippen molar-refractivity contribution >= 4 is 16.7 Å². The average Bonchev–Trinajstić information content (AvgIpc) is 2.87. The normalized spacial score (nSPS) is 11.1. The summed E-state index contributed by atoms with van der Waals surface area (Å²) >= 11 is 0. The van der Waals surface area contributed by atoms with Crippen molar-refractivity contribution in [2.75, 3.05) is 0 Å². The van der Waals surface area contributed by atoms with E-state index in [1.54, 1.807) is 6.07 Å². The number of carbonyl (C=O) groups is 1. The molecule has 4 aromatic carbocycles. The summed E-state index contributed by atoms with van der Waals surface area (Å²) in [6.45, 7) is 6.41. The number of rotatable bonds is 8. The maximum atomic E-state index is 14.7. The molecule has 0 spiro atoms. The molecule has 34 heavy (non-hydrogen) atoms. The Bertz CT molecular complexity index is 1310. The van der Waals surface area contributed by atoms with Crippen molar-refractivity contribution in [2.45, 2.75) is 52.9 Å². The lowest BCUT2D eigenvalue weighted by Gasteiger charge is -2.11. The number of benzene rings is 4. The highest BCUT2D eigenvalue weighted by atomic mass is 19.1. The van der Waals surface area contributed by atoms with Gasteiger partial charge >= 0.3 is 5.97 Å². The Hall–Kier alpha value is -3.46. The minimum absolute atomic E-state index is 0.0289. The van der Waals surface area contributed by atoms with Crippen LogP contribution in [0.3, 0.4) is 0 Å². The molecule has 0 N–H and O–H groups in total. The lowest BCUT2D eigenvalue weighted by molar-refractivity contribution is -0.134. The van der Waals surface area contributed by atoms with E-state index in [4.69, 9.17) is 4.74 Å². The zero-order valence-corrected chi connectivity index (χ0v) is 20.2. The van der Waals surface area contributed by atoms with E-state index in [1.165, 1.54) is 39.6 Å². The van der Waals surface area contributed by atoms with Gasteiger partial charge in [-0.25, -0.2) is 4.39 Å². The average molecular weight is 455 g/mol. The molecule has 4 rings (SSSR count). The van der Waals surface area contributed by atoms with Gasteiger partial charge in [0.1, 0.15) is 0 Å². The van der Waals surface area contributed by atoms with Crippen molar-refractivity contribution in [3.05, 3.63) is 101 Å². The van der Waals surface area contributed by atoms with Crippen molar-refractivity contribution in [2.24, 2.45) is 0 Å². The van der Waals surface area contributed by atoms with Gasteiger partial charge in [0.15, 0.2) is 11.6 Å². The van der Waals surface area contributed by atoms with Crippen LogP contribution in [0.1, 0.15) is 49.4 Å². The van der Waals surface area contributed by atoms with E-state index >= 15 is 0 Å². The quantitative estimate of drug-likeness (QED) is 0.200. The van der Waals surface area contributed by atoms with E-state index in [0.717, 1.165) is 36.0 Å². The van der Waals surface area contributed by atoms with Crippen molar-refractivity contribution in [3.63, 3.8) is 0 Å². The molecule has 0 atom stereocenters. The van der Waals surface area contributed by atoms with Crippen LogP contribution in [0.4, 0.5) is 4.39 Å². The molecule has 174 valence electrons. The van der Waals surface area contributed by atoms with Crippen molar-refractivity contribution in [3.8, 4) is 16.9 Å². The lowest BCUT2D eigenvalue weighted by Crippen LogP contribution is -2.10. The molecule has 3 heteroatoms. The molecule has 0 aliphatic carbocycles. The Morgan fingerprint density at radius 1 is 0.735 bits per heavy atom. The fourth-order valence-electron chi connectivity index (χ4n) is 4.32. The van der Waals surface area contributed by atoms with Crippen LogP contribution in [0.15, 0.2) is 72.8 Å². The molecule has 0 heterocycles. The summed E-state index contributed by atoms with van der Waals surface area (Å²) in [5.74, 6) is -0.992. The zero-order valence-electron chi connectivity index (χ0n) is 20.2. The highest BCUT2D eigenvalue weighted by Gasteiger charge is 2.12. The third-order valence-electron chi connectivity index (χ3n) is 6.42. The second-order valence-electron chi connectivity index (χ2n) is 8.69. The van der Waals surface area contributed by atoms with Crippen LogP contribution in [-0.4, -0.2) is 5.97 Å². The van der Waals surface area contributed by atoms with Gasteiger partial charge in [0.2, 0.25) is 0 Å². The van der Waals surface area contributed by atoms with Gasteiger partial charge in [-0.2, -0.15) is 0 Å². The van der Waals surface area contributed by atoms with Crippen LogP contribution in [-0.2, 0) is 30.5 Å². The van der Waals surface area contributed by atoms with Gasteiger partial charge in [-0.15, -0.1) is 0 Å². The van der Waals surface area contributed by atoms with E-state index in [-0.39, 0.29) is 12.2 Å². The van der Waals surface area contributed by atoms with Crippen molar-refractivity contribution in [1.29, 1.82) is 0 Å². The van der Waals surface area contributed by atoms with Crippen LogP contribution >= 0.6 is 0 Å². The molecule has 4 aromatic rings. The van der Waals surface area contributed by atoms with E-state index in [2.05, 4.69) is 51.1 Å². The molecule has 0 aliphatic rings. The van der Waals surface area contributed by atoms with Crippen LogP contribution in [0.5, 0.6) is 5.75 Å². The van der Waals surface area contributed by atoms with Crippen LogP contribution in [0.2, 0.25) is 0 Å². The third-order valence-corrected chi connectivity index (χ3v) is 6.42. The van der Waals surface area contributed by atoms with Gasteiger partial charge in [-0.05, 0) is 82.0 Å². The van der Waals surface area contributed by atoms with E-state index in [0.29, 0.717) is 6.42 Å². The fraction of sp³-hybridized carbons (Fsp3) is 0.258. The van der Waals surface area contributed by atoms with Gasteiger partial charge in [0, 0.05) is 6.42 Å². The van der Waals surface area contributed by atoms with E-state index < -0.39 is 11.8 Å². The zero-order chi connectivity index (χ0) is 24.1. The second-order valence-corrected chi connectivity index (χ2v) is 8.69. The molecule has 0 amide bonds. The minimum Gasteiger partial charge on any atom is -0.423 e. The Morgan fingerprint density at radius 3 is 2.12 bits per heavy atom. The summed E-state index contributed by atoms with van der Waals surface area (Å²) < 4.78 is 20.0. The maximum absolute atomic E-state index is 14.7. The summed E-state index contributed by atoms with van der Waals surface area (Å²) in [4.78, 5) is 12.5. The molecule has 0 saturated heterocycles. The van der Waals surface area contributed by atoms with Crippen LogP contribution < -0.4 is 4.74 Å². The van der Waals surface area contributed by atoms with Gasteiger partial charge in [-0.1, -0.05) is 81.4 Å². The summed E-state index contributed by atoms with van der Waals surface area (Å²) in [6.07, 6.45) is 3.65. The van der Waals surface area contributed by atoms with Gasteiger partial charge in [-0.3, -0.25) is 4.79 Å². The number of carbonyl (C=O) groups excluding carboxylic acids is 1. The first-order valence-electron chi connectivity index (χ1n) is 12.1. The highest BCUT2D eigenvalue weighted by Crippen LogP contribution is 2.27. The molecule has 2 nitrogen and oxygen atoms in total.